The van der Waals surface area contributed by atoms with E-state index in [2.05, 4.69) is 21.2 Å². The molecule has 1 fully saturated rings. The highest BCUT2D eigenvalue weighted by molar-refractivity contribution is 9.10. The molecular formula is C19H19BrN2O3. The second kappa shape index (κ2) is 7.80. The summed E-state index contributed by atoms with van der Waals surface area (Å²) in [5.41, 5.74) is 1.21. The minimum absolute atomic E-state index is 0.228. The quantitative estimate of drug-likeness (QED) is 0.825. The Morgan fingerprint density at radius 1 is 1.12 bits per heavy atom. The van der Waals surface area contributed by atoms with Gasteiger partial charge in [-0.25, -0.2) is 0 Å². The number of aliphatic hydroxyl groups is 1. The van der Waals surface area contributed by atoms with Crippen molar-refractivity contribution in [2.45, 2.75) is 25.0 Å². The number of benzene rings is 2. The molecule has 130 valence electrons. The van der Waals surface area contributed by atoms with Gasteiger partial charge in [0.1, 0.15) is 6.04 Å². The molecule has 1 aliphatic rings. The molecular weight excluding hydrogens is 384 g/mol. The molecule has 2 amide bonds. The third kappa shape index (κ3) is 4.08. The van der Waals surface area contributed by atoms with Crippen molar-refractivity contribution in [3.05, 3.63) is 64.6 Å². The summed E-state index contributed by atoms with van der Waals surface area (Å²) in [4.78, 5) is 26.7. The van der Waals surface area contributed by atoms with Crippen LogP contribution in [0.3, 0.4) is 0 Å². The summed E-state index contributed by atoms with van der Waals surface area (Å²) in [5.74, 6) is -0.659. The molecule has 0 spiro atoms. The highest BCUT2D eigenvalue weighted by atomic mass is 79.9. The highest BCUT2D eigenvalue weighted by Crippen LogP contribution is 2.24. The van der Waals surface area contributed by atoms with E-state index in [-0.39, 0.29) is 5.91 Å². The van der Waals surface area contributed by atoms with Crippen LogP contribution in [0.2, 0.25) is 0 Å². The van der Waals surface area contributed by atoms with E-state index in [1.807, 2.05) is 18.2 Å². The van der Waals surface area contributed by atoms with Gasteiger partial charge in [0.15, 0.2) is 6.10 Å². The molecule has 6 heteroatoms. The van der Waals surface area contributed by atoms with Crippen LogP contribution in [0.25, 0.3) is 0 Å². The molecule has 5 nitrogen and oxygen atoms in total. The molecule has 0 unspecified atom stereocenters. The first-order valence-corrected chi connectivity index (χ1v) is 8.95. The van der Waals surface area contributed by atoms with Gasteiger partial charge in [0.05, 0.1) is 0 Å². The Morgan fingerprint density at radius 2 is 1.80 bits per heavy atom. The van der Waals surface area contributed by atoms with Crippen molar-refractivity contribution in [2.24, 2.45) is 0 Å². The number of likely N-dealkylation sites (tertiary alicyclic amines) is 1. The molecule has 1 aliphatic heterocycles. The first-order chi connectivity index (χ1) is 12.1. The minimum Gasteiger partial charge on any atom is -0.378 e. The molecule has 2 N–H and O–H groups in total. The molecule has 0 radical (unpaired) electrons. The average molecular weight is 403 g/mol. The number of aliphatic hydroxyl groups excluding tert-OH is 1. The van der Waals surface area contributed by atoms with Crippen LogP contribution in [0.15, 0.2) is 59.1 Å². The van der Waals surface area contributed by atoms with E-state index in [9.17, 15) is 14.7 Å². The largest absolute Gasteiger partial charge is 0.378 e. The van der Waals surface area contributed by atoms with Gasteiger partial charge < -0.3 is 15.3 Å². The minimum atomic E-state index is -1.25. The Kier molecular flexibility index (Phi) is 5.50. The van der Waals surface area contributed by atoms with Gasteiger partial charge in [0.2, 0.25) is 5.91 Å². The van der Waals surface area contributed by atoms with Crippen molar-refractivity contribution in [2.75, 3.05) is 11.9 Å². The van der Waals surface area contributed by atoms with Gasteiger partial charge in [-0.15, -0.1) is 0 Å². The van der Waals surface area contributed by atoms with Crippen molar-refractivity contribution in [1.29, 1.82) is 0 Å². The lowest BCUT2D eigenvalue weighted by Gasteiger charge is -2.26. The number of nitrogens with one attached hydrogen (secondary N) is 1. The van der Waals surface area contributed by atoms with Crippen molar-refractivity contribution in [3.63, 3.8) is 0 Å². The Morgan fingerprint density at radius 3 is 2.48 bits per heavy atom. The van der Waals surface area contributed by atoms with Crippen LogP contribution in [-0.4, -0.2) is 34.4 Å². The monoisotopic (exact) mass is 402 g/mol. The molecule has 25 heavy (non-hydrogen) atoms. The van der Waals surface area contributed by atoms with Crippen LogP contribution < -0.4 is 5.32 Å². The average Bonchev–Trinajstić information content (AvgIpc) is 3.13. The smallest absolute Gasteiger partial charge is 0.256 e. The summed E-state index contributed by atoms with van der Waals surface area (Å²) in [6, 6.07) is 15.5. The third-order valence-corrected chi connectivity index (χ3v) is 4.83. The van der Waals surface area contributed by atoms with Crippen LogP contribution in [0.4, 0.5) is 5.69 Å². The summed E-state index contributed by atoms with van der Waals surface area (Å²) in [7, 11) is 0. The van der Waals surface area contributed by atoms with Gasteiger partial charge in [0.25, 0.3) is 5.91 Å². The Labute approximate surface area is 154 Å². The second-order valence-corrected chi connectivity index (χ2v) is 6.91. The molecule has 1 heterocycles. The fraction of sp³-hybridized carbons (Fsp3) is 0.263. The van der Waals surface area contributed by atoms with Crippen LogP contribution in [0, 0.1) is 0 Å². The first kappa shape index (κ1) is 17.6. The Hall–Kier alpha value is -2.18. The molecule has 0 bridgehead atoms. The molecule has 2 atom stereocenters. The molecule has 0 aliphatic carbocycles. The van der Waals surface area contributed by atoms with E-state index >= 15 is 0 Å². The number of carbonyl (C=O) groups is 2. The van der Waals surface area contributed by atoms with Crippen LogP contribution in [0.5, 0.6) is 0 Å². The zero-order valence-corrected chi connectivity index (χ0v) is 15.1. The zero-order valence-electron chi connectivity index (χ0n) is 13.6. The second-order valence-electron chi connectivity index (χ2n) is 6.00. The third-order valence-electron chi connectivity index (χ3n) is 4.30. The number of carbonyl (C=O) groups excluding carboxylic acids is 2. The van der Waals surface area contributed by atoms with Gasteiger partial charge in [-0.05, 0) is 42.7 Å². The number of hydrogen-bond acceptors (Lipinski definition) is 3. The maximum Gasteiger partial charge on any atom is 0.256 e. The predicted octanol–water partition coefficient (Wildman–Crippen LogP) is 3.11. The van der Waals surface area contributed by atoms with E-state index in [0.717, 1.165) is 10.9 Å². The summed E-state index contributed by atoms with van der Waals surface area (Å²) < 4.78 is 0.925. The van der Waals surface area contributed by atoms with Crippen molar-refractivity contribution >= 4 is 33.4 Å². The van der Waals surface area contributed by atoms with Gasteiger partial charge in [-0.1, -0.05) is 46.3 Å². The number of nitrogens with zero attached hydrogens (tertiary/aromatic N) is 1. The SMILES string of the molecule is O=C(Nc1ccc(Br)cc1)[C@@H]1CCCN1C(=O)[C@H](O)c1ccccc1. The molecule has 0 saturated carbocycles. The fourth-order valence-corrected chi connectivity index (χ4v) is 3.26. The van der Waals surface area contributed by atoms with Crippen molar-refractivity contribution in [1.82, 2.24) is 4.90 Å². The zero-order chi connectivity index (χ0) is 17.8. The van der Waals surface area contributed by atoms with Gasteiger partial charge in [0, 0.05) is 16.7 Å². The van der Waals surface area contributed by atoms with E-state index in [4.69, 9.17) is 0 Å². The Balaban J connectivity index is 1.70. The summed E-state index contributed by atoms with van der Waals surface area (Å²) >= 11 is 3.35. The van der Waals surface area contributed by atoms with Crippen molar-refractivity contribution < 1.29 is 14.7 Å². The molecule has 1 saturated heterocycles. The summed E-state index contributed by atoms with van der Waals surface area (Å²) in [6.45, 7) is 0.473. The van der Waals surface area contributed by atoms with Gasteiger partial charge in [-0.3, -0.25) is 9.59 Å². The first-order valence-electron chi connectivity index (χ1n) is 8.16. The lowest BCUT2D eigenvalue weighted by Crippen LogP contribution is -2.45. The number of halogens is 1. The molecule has 2 aromatic rings. The van der Waals surface area contributed by atoms with Gasteiger partial charge in [-0.2, -0.15) is 0 Å². The fourth-order valence-electron chi connectivity index (χ4n) is 3.00. The van der Waals surface area contributed by atoms with Crippen molar-refractivity contribution in [3.8, 4) is 0 Å². The molecule has 3 rings (SSSR count). The number of hydrogen-bond donors (Lipinski definition) is 2. The molecule has 0 aromatic heterocycles. The highest BCUT2D eigenvalue weighted by Gasteiger charge is 2.37. The van der Waals surface area contributed by atoms with E-state index in [0.29, 0.717) is 24.2 Å². The number of amides is 2. The van der Waals surface area contributed by atoms with Crippen LogP contribution >= 0.6 is 15.9 Å². The van der Waals surface area contributed by atoms with Gasteiger partial charge >= 0.3 is 0 Å². The predicted molar refractivity (Wildman–Crippen MR) is 98.9 cm³/mol. The standard InChI is InChI=1S/C19H19BrN2O3/c20-14-8-10-15(11-9-14)21-18(24)16-7-4-12-22(16)19(25)17(23)13-5-2-1-3-6-13/h1-3,5-6,8-11,16-17,23H,4,7,12H2,(H,21,24)/t16-,17+/m0/s1. The van der Waals surface area contributed by atoms with Crippen LogP contribution in [-0.2, 0) is 9.59 Å². The number of anilines is 1. The number of rotatable bonds is 4. The van der Waals surface area contributed by atoms with E-state index < -0.39 is 18.1 Å². The van der Waals surface area contributed by atoms with E-state index in [1.165, 1.54) is 4.90 Å². The topological polar surface area (TPSA) is 69.6 Å². The lowest BCUT2D eigenvalue weighted by molar-refractivity contribution is -0.144. The van der Waals surface area contributed by atoms with Crippen LogP contribution in [0.1, 0.15) is 24.5 Å². The maximum absolute atomic E-state index is 12.6. The summed E-state index contributed by atoms with van der Waals surface area (Å²) in [6.07, 6.45) is 0.0867. The molecule has 2 aromatic carbocycles. The Bertz CT molecular complexity index is 749. The lowest BCUT2D eigenvalue weighted by atomic mass is 10.1. The summed E-state index contributed by atoms with van der Waals surface area (Å²) in [5, 5.41) is 13.2. The van der Waals surface area contributed by atoms with E-state index in [1.54, 1.807) is 36.4 Å². The maximum atomic E-state index is 12.6. The normalized spacial score (nSPS) is 18.0.